The van der Waals surface area contributed by atoms with Gasteiger partial charge in [0.05, 0.1) is 12.8 Å². The van der Waals surface area contributed by atoms with Gasteiger partial charge in [0.2, 0.25) is 0 Å². The predicted octanol–water partition coefficient (Wildman–Crippen LogP) is 4.83. The van der Waals surface area contributed by atoms with E-state index >= 15 is 0 Å². The molecule has 4 nitrogen and oxygen atoms in total. The Labute approximate surface area is 155 Å². The van der Waals surface area contributed by atoms with Gasteiger partial charge in [-0.1, -0.05) is 19.1 Å². The van der Waals surface area contributed by atoms with Crippen molar-refractivity contribution >= 4 is 23.4 Å². The molecule has 138 valence electrons. The summed E-state index contributed by atoms with van der Waals surface area (Å²) in [4.78, 5) is 15.9. The highest BCUT2D eigenvalue weighted by atomic mass is 32.2. The molecule has 0 saturated carbocycles. The Bertz CT molecular complexity index is 800. The molecule has 0 N–H and O–H groups in total. The first-order valence-electron chi connectivity index (χ1n) is 8.20. The summed E-state index contributed by atoms with van der Waals surface area (Å²) in [6.07, 6.45) is 0.856. The predicted molar refractivity (Wildman–Crippen MR) is 97.7 cm³/mol. The van der Waals surface area contributed by atoms with Crippen molar-refractivity contribution in [3.05, 3.63) is 48.0 Å². The van der Waals surface area contributed by atoms with Crippen molar-refractivity contribution in [2.24, 2.45) is 0 Å². The number of anilines is 1. The molecule has 0 aliphatic carbocycles. The molecule has 26 heavy (non-hydrogen) atoms. The molecular weight excluding hydrogens is 360 g/mol. The molecule has 1 aliphatic rings. The minimum atomic E-state index is -2.96. The van der Waals surface area contributed by atoms with Crippen LogP contribution in [-0.4, -0.2) is 31.4 Å². The zero-order valence-corrected chi connectivity index (χ0v) is 15.3. The highest BCUT2D eigenvalue weighted by molar-refractivity contribution is 8.00. The molecule has 1 atom stereocenters. The van der Waals surface area contributed by atoms with Crippen LogP contribution in [0.2, 0.25) is 0 Å². The molecule has 0 saturated heterocycles. The average Bonchev–Trinajstić information content (AvgIpc) is 2.79. The lowest BCUT2D eigenvalue weighted by atomic mass is 10.1. The number of alkyl halides is 2. The molecule has 0 aromatic heterocycles. The van der Waals surface area contributed by atoms with Crippen LogP contribution in [0.3, 0.4) is 0 Å². The van der Waals surface area contributed by atoms with Crippen molar-refractivity contribution in [1.82, 2.24) is 0 Å². The van der Waals surface area contributed by atoms with E-state index in [4.69, 9.17) is 4.74 Å². The van der Waals surface area contributed by atoms with Crippen LogP contribution in [0.1, 0.15) is 23.7 Å². The van der Waals surface area contributed by atoms with E-state index in [0.29, 0.717) is 17.4 Å². The van der Waals surface area contributed by atoms with E-state index in [1.54, 1.807) is 16.7 Å². The fourth-order valence-electron chi connectivity index (χ4n) is 2.85. The molecule has 0 spiro atoms. The van der Waals surface area contributed by atoms with Gasteiger partial charge in [-0.2, -0.15) is 8.78 Å². The Morgan fingerprint density at radius 2 is 2.00 bits per heavy atom. The van der Waals surface area contributed by atoms with E-state index in [0.717, 1.165) is 17.0 Å². The molecule has 1 heterocycles. The Morgan fingerprint density at radius 1 is 1.23 bits per heavy atom. The highest BCUT2D eigenvalue weighted by Crippen LogP contribution is 2.38. The lowest BCUT2D eigenvalue weighted by molar-refractivity contribution is -0.0512. The number of ether oxygens (including phenoxy) is 2. The Hall–Kier alpha value is -2.28. The third-order valence-electron chi connectivity index (χ3n) is 4.12. The summed E-state index contributed by atoms with van der Waals surface area (Å²) in [6.45, 7) is -0.238. The van der Waals surface area contributed by atoms with Gasteiger partial charge in [0.15, 0.2) is 11.5 Å². The number of para-hydroxylation sites is 1. The number of amides is 1. The Balaban J connectivity index is 1.94. The van der Waals surface area contributed by atoms with Crippen LogP contribution in [0.25, 0.3) is 0 Å². The second-order valence-electron chi connectivity index (χ2n) is 5.89. The van der Waals surface area contributed by atoms with Crippen LogP contribution in [-0.2, 0) is 0 Å². The van der Waals surface area contributed by atoms with Gasteiger partial charge in [-0.05, 0) is 36.8 Å². The number of rotatable bonds is 4. The number of benzene rings is 2. The van der Waals surface area contributed by atoms with Crippen molar-refractivity contribution in [1.29, 1.82) is 0 Å². The normalized spacial score (nSPS) is 16.8. The molecule has 1 unspecified atom stereocenters. The lowest BCUT2D eigenvalue weighted by Crippen LogP contribution is -2.32. The van der Waals surface area contributed by atoms with Gasteiger partial charge >= 0.3 is 6.61 Å². The molecule has 0 fully saturated rings. The molecule has 0 bridgehead atoms. The first-order valence-corrected chi connectivity index (χ1v) is 9.08. The molecule has 1 amide bonds. The quantitative estimate of drug-likeness (QED) is 0.763. The largest absolute Gasteiger partial charge is 0.493 e. The van der Waals surface area contributed by atoms with Gasteiger partial charge in [-0.3, -0.25) is 4.79 Å². The lowest BCUT2D eigenvalue weighted by Gasteiger charge is -2.23. The van der Waals surface area contributed by atoms with Crippen molar-refractivity contribution in [2.45, 2.75) is 30.1 Å². The van der Waals surface area contributed by atoms with Crippen molar-refractivity contribution in [2.75, 3.05) is 18.6 Å². The minimum absolute atomic E-state index is 0.0977. The van der Waals surface area contributed by atoms with Gasteiger partial charge in [0, 0.05) is 22.3 Å². The number of carbonyl (C=O) groups excluding carboxylic acids is 1. The van der Waals surface area contributed by atoms with Gasteiger partial charge in [0.1, 0.15) is 0 Å². The highest BCUT2D eigenvalue weighted by Gasteiger charge is 2.26. The van der Waals surface area contributed by atoms with Gasteiger partial charge < -0.3 is 14.4 Å². The van der Waals surface area contributed by atoms with Gasteiger partial charge in [0.25, 0.3) is 5.91 Å². The van der Waals surface area contributed by atoms with Gasteiger partial charge in [-0.15, -0.1) is 11.8 Å². The fourth-order valence-corrected chi connectivity index (χ4v) is 3.96. The number of nitrogens with zero attached hydrogens (tertiary/aromatic N) is 1. The summed E-state index contributed by atoms with van der Waals surface area (Å²) in [7, 11) is 1.35. The van der Waals surface area contributed by atoms with E-state index in [1.807, 2.05) is 24.3 Å². The van der Waals surface area contributed by atoms with Crippen LogP contribution in [0.4, 0.5) is 14.5 Å². The number of hydrogen-bond acceptors (Lipinski definition) is 4. The molecule has 1 aliphatic heterocycles. The van der Waals surface area contributed by atoms with E-state index in [9.17, 15) is 13.6 Å². The van der Waals surface area contributed by atoms with Crippen molar-refractivity contribution in [3.63, 3.8) is 0 Å². The van der Waals surface area contributed by atoms with E-state index < -0.39 is 6.61 Å². The summed E-state index contributed by atoms with van der Waals surface area (Å²) in [5, 5.41) is 0.394. The summed E-state index contributed by atoms with van der Waals surface area (Å²) in [5.74, 6) is -0.199. The first kappa shape index (κ1) is 18.5. The first-order chi connectivity index (χ1) is 12.5. The van der Waals surface area contributed by atoms with Gasteiger partial charge in [-0.25, -0.2) is 0 Å². The van der Waals surface area contributed by atoms with E-state index in [1.165, 1.54) is 25.3 Å². The summed E-state index contributed by atoms with van der Waals surface area (Å²) < 4.78 is 34.5. The molecule has 0 radical (unpaired) electrons. The Morgan fingerprint density at radius 3 is 2.73 bits per heavy atom. The van der Waals surface area contributed by atoms with Crippen LogP contribution < -0.4 is 14.4 Å². The van der Waals surface area contributed by atoms with E-state index in [2.05, 4.69) is 11.7 Å². The summed E-state index contributed by atoms with van der Waals surface area (Å²) in [5.41, 5.74) is 1.22. The minimum Gasteiger partial charge on any atom is -0.493 e. The number of carbonyl (C=O) groups is 1. The maximum Gasteiger partial charge on any atom is 0.387 e. The van der Waals surface area contributed by atoms with Crippen LogP contribution in [0.5, 0.6) is 11.5 Å². The topological polar surface area (TPSA) is 38.8 Å². The monoisotopic (exact) mass is 379 g/mol. The van der Waals surface area contributed by atoms with Crippen molar-refractivity contribution in [3.8, 4) is 11.5 Å². The standard InChI is InChI=1S/C19H19F2NO3S/c1-12-9-10-22(14-5-3-4-6-17(14)26-12)18(23)13-7-8-15(25-19(20)21)16(11-13)24-2/h3-8,11-12,19H,9-10H2,1-2H3. The smallest absolute Gasteiger partial charge is 0.387 e. The van der Waals surface area contributed by atoms with Crippen LogP contribution in [0, 0.1) is 0 Å². The molecule has 2 aromatic carbocycles. The number of hydrogen-bond donors (Lipinski definition) is 0. The molecule has 3 rings (SSSR count). The zero-order chi connectivity index (χ0) is 18.7. The molecule has 7 heteroatoms. The Kier molecular flexibility index (Phi) is 5.66. The molecule has 2 aromatic rings. The second kappa shape index (κ2) is 7.95. The number of halogens is 2. The maximum atomic E-state index is 13.1. The number of thioether (sulfide) groups is 1. The van der Waals surface area contributed by atoms with Crippen molar-refractivity contribution < 1.29 is 23.0 Å². The van der Waals surface area contributed by atoms with Crippen LogP contribution in [0.15, 0.2) is 47.4 Å². The molecular formula is C19H19F2NO3S. The number of fused-ring (bicyclic) bond motifs is 1. The average molecular weight is 379 g/mol. The maximum absolute atomic E-state index is 13.1. The summed E-state index contributed by atoms with van der Waals surface area (Å²) >= 11 is 1.74. The third-order valence-corrected chi connectivity index (χ3v) is 5.35. The SMILES string of the molecule is COc1cc(C(=O)N2CCC(C)Sc3ccccc32)ccc1OC(F)F. The van der Waals surface area contributed by atoms with E-state index in [-0.39, 0.29) is 17.4 Å². The van der Waals surface area contributed by atoms with Crippen LogP contribution >= 0.6 is 11.8 Å². The fraction of sp³-hybridized carbons (Fsp3) is 0.316. The zero-order valence-electron chi connectivity index (χ0n) is 14.4. The third kappa shape index (κ3) is 3.93. The summed E-state index contributed by atoms with van der Waals surface area (Å²) in [6, 6.07) is 12.0. The second-order valence-corrected chi connectivity index (χ2v) is 7.37. The number of methoxy groups -OCH3 is 1.